The zero-order valence-electron chi connectivity index (χ0n) is 25.2. The van der Waals surface area contributed by atoms with Crippen molar-refractivity contribution in [2.75, 3.05) is 45.2 Å². The van der Waals surface area contributed by atoms with E-state index in [-0.39, 0.29) is 22.9 Å². The van der Waals surface area contributed by atoms with Gasteiger partial charge in [-0.25, -0.2) is 0 Å². The van der Waals surface area contributed by atoms with Gasteiger partial charge in [-0.15, -0.1) is 0 Å². The van der Waals surface area contributed by atoms with Gasteiger partial charge in [0.2, 0.25) is 23.0 Å². The molecule has 1 aliphatic rings. The summed E-state index contributed by atoms with van der Waals surface area (Å²) < 4.78 is 22.5. The first-order chi connectivity index (χ1) is 20.8. The smallest absolute Gasteiger partial charge is 0.242 e. The van der Waals surface area contributed by atoms with Crippen LogP contribution in [0.3, 0.4) is 0 Å². The first-order valence-corrected chi connectivity index (χ1v) is 15.5. The van der Waals surface area contributed by atoms with Crippen molar-refractivity contribution in [3.8, 4) is 28.4 Å². The van der Waals surface area contributed by atoms with E-state index in [1.807, 2.05) is 30.5 Å². The van der Waals surface area contributed by atoms with Crippen molar-refractivity contribution >= 4 is 29.3 Å². The van der Waals surface area contributed by atoms with Crippen LogP contribution in [0.25, 0.3) is 11.1 Å². The van der Waals surface area contributed by atoms with Gasteiger partial charge in [-0.1, -0.05) is 6.07 Å². The summed E-state index contributed by atoms with van der Waals surface area (Å²) in [6.45, 7) is 1.87. The number of furan rings is 1. The summed E-state index contributed by atoms with van der Waals surface area (Å²) in [7, 11) is 4.67. The topological polar surface area (TPSA) is 128 Å². The molecule has 11 heteroatoms. The molecule has 2 aromatic carbocycles. The molecule has 0 spiro atoms. The molecular weight excluding hydrogens is 570 g/mol. The summed E-state index contributed by atoms with van der Waals surface area (Å²) in [5.74, 6) is 2.54. The molecule has 10 nitrogen and oxygen atoms in total. The molecule has 0 saturated carbocycles. The average molecular weight is 610 g/mol. The van der Waals surface area contributed by atoms with Crippen molar-refractivity contribution in [3.05, 3.63) is 69.8 Å². The number of aryl methyl sites for hydroxylation is 1. The van der Waals surface area contributed by atoms with Crippen LogP contribution in [0, 0.1) is 0 Å². The van der Waals surface area contributed by atoms with Crippen LogP contribution in [0.2, 0.25) is 0 Å². The van der Waals surface area contributed by atoms with Crippen molar-refractivity contribution in [2.24, 2.45) is 0 Å². The monoisotopic (exact) mass is 609 g/mol. The molecule has 0 bridgehead atoms. The Morgan fingerprint density at radius 2 is 1.88 bits per heavy atom. The molecule has 1 aliphatic carbocycles. The van der Waals surface area contributed by atoms with E-state index >= 15 is 0 Å². The summed E-state index contributed by atoms with van der Waals surface area (Å²) in [6.07, 6.45) is 5.81. The highest BCUT2D eigenvalue weighted by atomic mass is 32.2. The predicted molar refractivity (Wildman–Crippen MR) is 169 cm³/mol. The third-order valence-electron chi connectivity index (χ3n) is 7.42. The summed E-state index contributed by atoms with van der Waals surface area (Å²) in [6, 6.07) is 9.61. The maximum atomic E-state index is 13.7. The van der Waals surface area contributed by atoms with E-state index in [9.17, 15) is 14.4 Å². The van der Waals surface area contributed by atoms with Gasteiger partial charge in [0.25, 0.3) is 0 Å². The van der Waals surface area contributed by atoms with E-state index in [4.69, 9.17) is 18.6 Å². The molecular formula is C32H39N3O7S. The van der Waals surface area contributed by atoms with Gasteiger partial charge in [0.1, 0.15) is 11.8 Å². The van der Waals surface area contributed by atoms with Crippen molar-refractivity contribution in [1.29, 1.82) is 0 Å². The van der Waals surface area contributed by atoms with Gasteiger partial charge < -0.3 is 34.6 Å². The number of carbonyl (C=O) groups is 2. The minimum absolute atomic E-state index is 0.201. The first-order valence-electron chi connectivity index (χ1n) is 14.1. The van der Waals surface area contributed by atoms with Crippen molar-refractivity contribution < 1.29 is 28.2 Å². The number of ether oxygens (including phenoxy) is 3. The zero-order valence-corrected chi connectivity index (χ0v) is 26.0. The van der Waals surface area contributed by atoms with Crippen molar-refractivity contribution in [2.45, 2.75) is 44.7 Å². The van der Waals surface area contributed by atoms with E-state index in [1.165, 1.54) is 6.92 Å². The average Bonchev–Trinajstić information content (AvgIpc) is 3.41. The van der Waals surface area contributed by atoms with E-state index in [0.29, 0.717) is 55.0 Å². The van der Waals surface area contributed by atoms with Crippen LogP contribution in [0.4, 0.5) is 5.69 Å². The van der Waals surface area contributed by atoms with Crippen molar-refractivity contribution in [1.82, 2.24) is 10.6 Å². The Hall–Kier alpha value is -4.12. The second kappa shape index (κ2) is 14.9. The number of hydrogen-bond acceptors (Lipinski definition) is 9. The molecule has 0 radical (unpaired) electrons. The van der Waals surface area contributed by atoms with E-state index < -0.39 is 12.1 Å². The lowest BCUT2D eigenvalue weighted by Crippen LogP contribution is -2.41. The maximum absolute atomic E-state index is 13.7. The fourth-order valence-electron chi connectivity index (χ4n) is 5.41. The quantitative estimate of drug-likeness (QED) is 0.259. The zero-order chi connectivity index (χ0) is 30.9. The normalized spacial score (nSPS) is 14.4. The molecule has 230 valence electrons. The Labute approximate surface area is 255 Å². The van der Waals surface area contributed by atoms with Gasteiger partial charge in [0.05, 0.1) is 39.3 Å². The molecule has 1 aromatic heterocycles. The minimum atomic E-state index is -0.628. The number of anilines is 1. The summed E-state index contributed by atoms with van der Waals surface area (Å²) in [5.41, 5.74) is 3.06. The molecule has 3 N–H and O–H groups in total. The third-order valence-corrected chi connectivity index (χ3v) is 8.07. The number of amides is 2. The lowest BCUT2D eigenvalue weighted by atomic mass is 9.95. The van der Waals surface area contributed by atoms with Gasteiger partial charge in [-0.2, -0.15) is 11.8 Å². The van der Waals surface area contributed by atoms with Gasteiger partial charge in [-0.3, -0.25) is 14.4 Å². The van der Waals surface area contributed by atoms with Crippen LogP contribution < -0.4 is 35.6 Å². The van der Waals surface area contributed by atoms with Crippen LogP contribution in [-0.4, -0.2) is 57.7 Å². The minimum Gasteiger partial charge on any atom is -0.493 e. The fraction of sp³-hybridized carbons (Fsp3) is 0.406. The van der Waals surface area contributed by atoms with Gasteiger partial charge in [0, 0.05) is 25.5 Å². The Bertz CT molecular complexity index is 1490. The molecule has 4 rings (SSSR count). The number of nitrogens with one attached hydrogen (secondary N) is 3. The van der Waals surface area contributed by atoms with E-state index in [2.05, 4.69) is 16.0 Å². The standard InChI is InChI=1S/C32H39N3O7S/c1-19(36)34-24-10-8-20-17-28(39-2)30(40-3)31(41-4)29(20)22-9-11-25(27(37)18-23(22)24)35-26(13-16-43-5)32(38)33-14-12-21-7-6-15-42-21/h6-7,9,11,15,17-18,24,26H,8,10,12-14,16H2,1-5H3,(H,33,38)(H,34,36)(H,35,37)/t24-,26-/m0/s1. The number of rotatable bonds is 13. The Balaban J connectivity index is 1.76. The lowest BCUT2D eigenvalue weighted by Gasteiger charge is -2.19. The Kier molecular flexibility index (Phi) is 11.0. The maximum Gasteiger partial charge on any atom is 0.242 e. The van der Waals surface area contributed by atoms with Crippen molar-refractivity contribution in [3.63, 3.8) is 0 Å². The highest BCUT2D eigenvalue weighted by Gasteiger charge is 2.30. The number of hydrogen-bond donors (Lipinski definition) is 3. The summed E-state index contributed by atoms with van der Waals surface area (Å²) in [5, 5.41) is 9.18. The number of methoxy groups -OCH3 is 3. The number of fused-ring (bicyclic) bond motifs is 3. The lowest BCUT2D eigenvalue weighted by molar-refractivity contribution is -0.122. The summed E-state index contributed by atoms with van der Waals surface area (Å²) in [4.78, 5) is 39.2. The summed E-state index contributed by atoms with van der Waals surface area (Å²) >= 11 is 1.62. The first kappa shape index (κ1) is 31.8. The molecule has 0 aliphatic heterocycles. The number of benzene rings is 1. The Morgan fingerprint density at radius 1 is 1.09 bits per heavy atom. The van der Waals surface area contributed by atoms with Crippen LogP contribution in [-0.2, 0) is 22.4 Å². The largest absolute Gasteiger partial charge is 0.493 e. The molecule has 3 aromatic rings. The van der Waals surface area contributed by atoms with Crippen LogP contribution in [0.1, 0.15) is 42.7 Å². The molecule has 0 fully saturated rings. The molecule has 0 saturated heterocycles. The van der Waals surface area contributed by atoms with Gasteiger partial charge >= 0.3 is 0 Å². The molecule has 1 heterocycles. The molecule has 2 amide bonds. The molecule has 43 heavy (non-hydrogen) atoms. The second-order valence-corrected chi connectivity index (χ2v) is 11.2. The van der Waals surface area contributed by atoms with Gasteiger partial charge in [0.15, 0.2) is 11.5 Å². The van der Waals surface area contributed by atoms with Crippen LogP contribution >= 0.6 is 11.8 Å². The fourth-order valence-corrected chi connectivity index (χ4v) is 5.88. The number of thioether (sulfide) groups is 1. The SMILES string of the molecule is COc1cc2c(c(OC)c1OC)-c1ccc(N[C@@H](CCSC)C(=O)NCCc3ccco3)c(=O)cc1[C@@H](NC(C)=O)CC2. The second-order valence-electron chi connectivity index (χ2n) is 10.2. The third kappa shape index (κ3) is 7.45. The van der Waals surface area contributed by atoms with Crippen LogP contribution in [0.15, 0.2) is 51.9 Å². The Morgan fingerprint density at radius 3 is 2.53 bits per heavy atom. The van der Waals surface area contributed by atoms with Crippen LogP contribution in [0.5, 0.6) is 17.2 Å². The predicted octanol–water partition coefficient (Wildman–Crippen LogP) is 4.35. The highest BCUT2D eigenvalue weighted by Crippen LogP contribution is 2.50. The van der Waals surface area contributed by atoms with E-state index in [1.54, 1.807) is 51.5 Å². The molecule has 2 atom stereocenters. The van der Waals surface area contributed by atoms with E-state index in [0.717, 1.165) is 28.2 Å². The molecule has 0 unspecified atom stereocenters. The highest BCUT2D eigenvalue weighted by molar-refractivity contribution is 7.98. The number of carbonyl (C=O) groups excluding carboxylic acids is 2. The van der Waals surface area contributed by atoms with Gasteiger partial charge in [-0.05, 0) is 78.3 Å².